The zero-order valence-corrected chi connectivity index (χ0v) is 13.2. The average Bonchev–Trinajstić information content (AvgIpc) is 2.53. The van der Waals surface area contributed by atoms with Gasteiger partial charge in [0.05, 0.1) is 5.54 Å². The Bertz CT molecular complexity index is 526. The van der Waals surface area contributed by atoms with Gasteiger partial charge in [-0.3, -0.25) is 14.7 Å². The molecule has 2 saturated heterocycles. The van der Waals surface area contributed by atoms with E-state index in [1.807, 2.05) is 24.5 Å². The summed E-state index contributed by atoms with van der Waals surface area (Å²) in [5.74, 6) is 0.300. The van der Waals surface area contributed by atoms with Crippen LogP contribution in [0.15, 0.2) is 37.2 Å². The van der Waals surface area contributed by atoms with Crippen molar-refractivity contribution >= 4 is 5.91 Å². The molecule has 4 nitrogen and oxygen atoms in total. The van der Waals surface area contributed by atoms with E-state index in [-0.39, 0.29) is 5.54 Å². The lowest BCUT2D eigenvalue weighted by Gasteiger charge is -2.52. The van der Waals surface area contributed by atoms with Crippen LogP contribution in [0.25, 0.3) is 0 Å². The number of nitrogens with zero attached hydrogens (tertiary/aromatic N) is 3. The third-order valence-electron chi connectivity index (χ3n) is 4.98. The minimum absolute atomic E-state index is 0.0178. The zero-order valence-electron chi connectivity index (χ0n) is 13.2. The molecule has 0 radical (unpaired) electrons. The normalized spacial score (nSPS) is 26.4. The van der Waals surface area contributed by atoms with Crippen LogP contribution >= 0.6 is 0 Å². The first-order chi connectivity index (χ1) is 10.7. The maximum absolute atomic E-state index is 12.4. The molecule has 3 heterocycles. The van der Waals surface area contributed by atoms with Crippen LogP contribution in [-0.2, 0) is 11.3 Å². The topological polar surface area (TPSA) is 36.4 Å². The molecule has 2 fully saturated rings. The van der Waals surface area contributed by atoms with Crippen molar-refractivity contribution in [2.75, 3.05) is 19.6 Å². The summed E-state index contributed by atoms with van der Waals surface area (Å²) in [5, 5.41) is 0. The number of likely N-dealkylation sites (tertiary alicyclic amines) is 2. The number of carbonyl (C=O) groups excluding carboxylic acids is 1. The average molecular weight is 299 g/mol. The van der Waals surface area contributed by atoms with Gasteiger partial charge < -0.3 is 4.90 Å². The highest BCUT2D eigenvalue weighted by Gasteiger charge is 2.44. The maximum atomic E-state index is 12.4. The van der Waals surface area contributed by atoms with Crippen molar-refractivity contribution in [1.29, 1.82) is 0 Å². The first kappa shape index (κ1) is 15.2. The summed E-state index contributed by atoms with van der Waals surface area (Å²) in [5.41, 5.74) is 1.27. The SMILES string of the molecule is C=CCN1C(=O)CCC[C@@]12CCCN(Cc1cccnc1)C2. The highest BCUT2D eigenvalue weighted by Crippen LogP contribution is 2.37. The molecule has 1 aromatic heterocycles. The number of hydrogen-bond donors (Lipinski definition) is 0. The molecule has 0 aliphatic carbocycles. The molecule has 4 heteroatoms. The largest absolute Gasteiger partial charge is 0.332 e. The minimum Gasteiger partial charge on any atom is -0.332 e. The highest BCUT2D eigenvalue weighted by molar-refractivity contribution is 5.78. The van der Waals surface area contributed by atoms with Crippen molar-refractivity contribution in [3.05, 3.63) is 42.7 Å². The van der Waals surface area contributed by atoms with E-state index in [0.717, 1.165) is 45.3 Å². The van der Waals surface area contributed by atoms with Crippen molar-refractivity contribution in [2.45, 2.75) is 44.2 Å². The Morgan fingerprint density at radius 1 is 1.36 bits per heavy atom. The van der Waals surface area contributed by atoms with Gasteiger partial charge in [0.15, 0.2) is 0 Å². The van der Waals surface area contributed by atoms with Crippen LogP contribution in [-0.4, -0.2) is 45.9 Å². The maximum Gasteiger partial charge on any atom is 0.223 e. The van der Waals surface area contributed by atoms with Crippen molar-refractivity contribution < 1.29 is 4.79 Å². The summed E-state index contributed by atoms with van der Waals surface area (Å²) in [6.07, 6.45) is 10.7. The predicted octanol–water partition coefficient (Wildman–Crippen LogP) is 2.61. The standard InChI is InChI=1S/C18H25N3O/c1-2-11-21-17(22)7-3-8-18(21)9-5-12-20(15-18)14-16-6-4-10-19-13-16/h2,4,6,10,13H,1,3,5,7-9,11-12,14-15H2/t18-/m0/s1. The third-order valence-corrected chi connectivity index (χ3v) is 4.98. The number of amides is 1. The summed E-state index contributed by atoms with van der Waals surface area (Å²) >= 11 is 0. The Labute approximate surface area is 132 Å². The van der Waals surface area contributed by atoms with E-state index in [1.165, 1.54) is 5.56 Å². The summed E-state index contributed by atoms with van der Waals surface area (Å²) in [7, 11) is 0. The van der Waals surface area contributed by atoms with Crippen LogP contribution in [0.5, 0.6) is 0 Å². The molecule has 0 unspecified atom stereocenters. The van der Waals surface area contributed by atoms with Gasteiger partial charge in [0.1, 0.15) is 0 Å². The van der Waals surface area contributed by atoms with Crippen LogP contribution in [0, 0.1) is 0 Å². The van der Waals surface area contributed by atoms with Crippen molar-refractivity contribution in [3.63, 3.8) is 0 Å². The van der Waals surface area contributed by atoms with Gasteiger partial charge in [-0.25, -0.2) is 0 Å². The van der Waals surface area contributed by atoms with E-state index in [1.54, 1.807) is 0 Å². The molecule has 1 atom stereocenters. The highest BCUT2D eigenvalue weighted by atomic mass is 16.2. The molecule has 1 aromatic rings. The fraction of sp³-hybridized carbons (Fsp3) is 0.556. The summed E-state index contributed by atoms with van der Waals surface area (Å²) in [4.78, 5) is 21.2. The molecular weight excluding hydrogens is 274 g/mol. The molecule has 118 valence electrons. The van der Waals surface area contributed by atoms with Gasteiger partial charge in [0.2, 0.25) is 5.91 Å². The Balaban J connectivity index is 1.75. The first-order valence-electron chi connectivity index (χ1n) is 8.26. The Morgan fingerprint density at radius 2 is 2.23 bits per heavy atom. The molecule has 2 aliphatic rings. The van der Waals surface area contributed by atoms with Gasteiger partial charge in [-0.15, -0.1) is 6.58 Å². The lowest BCUT2D eigenvalue weighted by atomic mass is 9.79. The molecule has 22 heavy (non-hydrogen) atoms. The quantitative estimate of drug-likeness (QED) is 0.802. The molecule has 0 N–H and O–H groups in total. The van der Waals surface area contributed by atoms with Gasteiger partial charge >= 0.3 is 0 Å². The van der Waals surface area contributed by atoms with Crippen LogP contribution in [0.2, 0.25) is 0 Å². The van der Waals surface area contributed by atoms with Gasteiger partial charge in [-0.1, -0.05) is 12.1 Å². The Morgan fingerprint density at radius 3 is 3.00 bits per heavy atom. The van der Waals surface area contributed by atoms with Gasteiger partial charge in [0.25, 0.3) is 0 Å². The lowest BCUT2D eigenvalue weighted by Crippen LogP contribution is -2.62. The van der Waals surface area contributed by atoms with E-state index < -0.39 is 0 Å². The molecule has 0 aromatic carbocycles. The number of hydrogen-bond acceptors (Lipinski definition) is 3. The number of pyridine rings is 1. The van der Waals surface area contributed by atoms with Gasteiger partial charge in [0, 0.05) is 38.4 Å². The number of piperidine rings is 2. The number of rotatable bonds is 4. The molecular formula is C18H25N3O. The summed E-state index contributed by atoms with van der Waals surface area (Å²) in [6.45, 7) is 7.52. The summed E-state index contributed by atoms with van der Waals surface area (Å²) in [6, 6.07) is 4.12. The second-order valence-electron chi connectivity index (χ2n) is 6.55. The fourth-order valence-corrected chi connectivity index (χ4v) is 4.04. The van der Waals surface area contributed by atoms with Gasteiger partial charge in [-0.05, 0) is 43.9 Å². The smallest absolute Gasteiger partial charge is 0.223 e. The predicted molar refractivity (Wildman–Crippen MR) is 87.2 cm³/mol. The third kappa shape index (κ3) is 3.07. The minimum atomic E-state index is 0.0178. The zero-order chi connectivity index (χ0) is 15.4. The van der Waals surface area contributed by atoms with Crippen molar-refractivity contribution in [3.8, 4) is 0 Å². The van der Waals surface area contributed by atoms with E-state index in [0.29, 0.717) is 18.9 Å². The number of aromatic nitrogens is 1. The molecule has 0 bridgehead atoms. The second kappa shape index (κ2) is 6.61. The van der Waals surface area contributed by atoms with Crippen molar-refractivity contribution in [2.24, 2.45) is 0 Å². The second-order valence-corrected chi connectivity index (χ2v) is 6.55. The van der Waals surface area contributed by atoms with E-state index in [2.05, 4.69) is 27.4 Å². The van der Waals surface area contributed by atoms with Crippen LogP contribution in [0.1, 0.15) is 37.7 Å². The van der Waals surface area contributed by atoms with E-state index >= 15 is 0 Å². The van der Waals surface area contributed by atoms with E-state index in [4.69, 9.17) is 0 Å². The van der Waals surface area contributed by atoms with Crippen LogP contribution in [0.3, 0.4) is 0 Å². The Kier molecular flexibility index (Phi) is 4.57. The fourth-order valence-electron chi connectivity index (χ4n) is 4.04. The van der Waals surface area contributed by atoms with E-state index in [9.17, 15) is 4.79 Å². The van der Waals surface area contributed by atoms with Crippen molar-refractivity contribution in [1.82, 2.24) is 14.8 Å². The lowest BCUT2D eigenvalue weighted by molar-refractivity contribution is -0.144. The molecule has 1 spiro atoms. The molecule has 1 amide bonds. The molecule has 2 aliphatic heterocycles. The molecule has 0 saturated carbocycles. The van der Waals surface area contributed by atoms with Crippen LogP contribution in [0.4, 0.5) is 0 Å². The number of carbonyl (C=O) groups is 1. The molecule has 3 rings (SSSR count). The first-order valence-corrected chi connectivity index (χ1v) is 8.26. The van der Waals surface area contributed by atoms with Gasteiger partial charge in [-0.2, -0.15) is 0 Å². The van der Waals surface area contributed by atoms with Crippen LogP contribution < -0.4 is 0 Å². The summed E-state index contributed by atoms with van der Waals surface area (Å²) < 4.78 is 0. The monoisotopic (exact) mass is 299 g/mol. The Hall–Kier alpha value is -1.68.